The van der Waals surface area contributed by atoms with E-state index in [1.807, 2.05) is 6.92 Å². The number of amides is 1. The first-order valence-electron chi connectivity index (χ1n) is 3.18. The normalized spacial score (nSPS) is 29.2. The Morgan fingerprint density at radius 1 is 2.11 bits per heavy atom. The van der Waals surface area contributed by atoms with Gasteiger partial charge in [-0.15, -0.1) is 0 Å². The molecule has 0 saturated carbocycles. The number of thiocarbonyl (C=S) groups is 1. The maximum atomic E-state index is 11.0. The number of carbonyl (C=O) groups excluding carboxylic acids is 1. The van der Waals surface area contributed by atoms with E-state index in [0.29, 0.717) is 10.9 Å². The van der Waals surface area contributed by atoms with Gasteiger partial charge in [0.15, 0.2) is 0 Å². The third kappa shape index (κ3) is 1.24. The quantitative estimate of drug-likeness (QED) is 0.534. The Hall–Kier alpha value is -0.0900. The van der Waals surface area contributed by atoms with Gasteiger partial charge in [-0.25, -0.2) is 0 Å². The van der Waals surface area contributed by atoms with Crippen molar-refractivity contribution in [2.24, 2.45) is 0 Å². The van der Waals surface area contributed by atoms with Crippen molar-refractivity contribution < 1.29 is 6.17 Å². The molecule has 0 aromatic carbocycles. The first-order valence-corrected chi connectivity index (χ1v) is 3.90. The highest BCUT2D eigenvalue weighted by atomic mass is 32.2. The van der Waals surface area contributed by atoms with Crippen molar-refractivity contribution in [1.82, 2.24) is 4.90 Å². The molecule has 1 heterocycles. The highest BCUT2D eigenvalue weighted by Gasteiger charge is 2.24. The van der Waals surface area contributed by atoms with Gasteiger partial charge in [0.05, 0.1) is 5.73 Å². The molecule has 1 unspecified atom stereocenters. The Balaban J connectivity index is 2.74. The minimum atomic E-state index is -0.715. The molecule has 0 radical (unpaired) electrons. The summed E-state index contributed by atoms with van der Waals surface area (Å²) >= 11 is 5.98. The van der Waals surface area contributed by atoms with Crippen molar-refractivity contribution in [3.63, 3.8) is 0 Å². The van der Waals surface area contributed by atoms with Crippen molar-refractivity contribution in [2.45, 2.75) is 6.92 Å². The van der Waals surface area contributed by atoms with Crippen molar-refractivity contribution in [3.05, 3.63) is 0 Å². The molecule has 0 aromatic heterocycles. The highest BCUT2D eigenvalue weighted by Crippen LogP contribution is 2.17. The number of hydrogen-bond donors (Lipinski definition) is 0. The van der Waals surface area contributed by atoms with E-state index in [1.54, 1.807) is 0 Å². The SMILES string of the molecule is [2H]C1SC(=S)N(CC)C1=O. The molecule has 50 valence electrons. The van der Waals surface area contributed by atoms with Crippen LogP contribution in [0.25, 0.3) is 0 Å². The molecule has 1 rings (SSSR count). The first-order chi connectivity index (χ1) is 4.66. The van der Waals surface area contributed by atoms with Crippen molar-refractivity contribution in [3.8, 4) is 0 Å². The van der Waals surface area contributed by atoms with E-state index in [2.05, 4.69) is 0 Å². The molecule has 4 heteroatoms. The van der Waals surface area contributed by atoms with E-state index in [-0.39, 0.29) is 5.91 Å². The summed E-state index contributed by atoms with van der Waals surface area (Å²) in [5.41, 5.74) is -0.715. The third-order valence-electron chi connectivity index (χ3n) is 1.06. The second kappa shape index (κ2) is 2.66. The first kappa shape index (κ1) is 5.68. The van der Waals surface area contributed by atoms with Crippen LogP contribution in [0.5, 0.6) is 0 Å². The van der Waals surface area contributed by atoms with Gasteiger partial charge in [-0.3, -0.25) is 9.69 Å². The third-order valence-corrected chi connectivity index (χ3v) is 2.31. The van der Waals surface area contributed by atoms with Gasteiger partial charge in [-0.2, -0.15) is 0 Å². The summed E-state index contributed by atoms with van der Waals surface area (Å²) in [6.45, 7) is 2.43. The van der Waals surface area contributed by atoms with E-state index < -0.39 is 5.73 Å². The number of carbonyl (C=O) groups is 1. The Kier molecular flexibility index (Phi) is 1.68. The lowest BCUT2D eigenvalue weighted by Gasteiger charge is -2.09. The molecule has 0 bridgehead atoms. The van der Waals surface area contributed by atoms with Gasteiger partial charge < -0.3 is 0 Å². The summed E-state index contributed by atoms with van der Waals surface area (Å²) in [6, 6.07) is 0. The Labute approximate surface area is 65.0 Å². The predicted molar refractivity (Wildman–Crippen MR) is 42.4 cm³/mol. The Bertz CT molecular complexity index is 184. The van der Waals surface area contributed by atoms with Gasteiger partial charge in [0.2, 0.25) is 5.91 Å². The summed E-state index contributed by atoms with van der Waals surface area (Å²) < 4.78 is 7.72. The topological polar surface area (TPSA) is 20.3 Å². The van der Waals surface area contributed by atoms with Crippen LogP contribution < -0.4 is 0 Å². The zero-order valence-electron chi connectivity index (χ0n) is 5.96. The van der Waals surface area contributed by atoms with Gasteiger partial charge in [0, 0.05) is 7.92 Å². The maximum Gasteiger partial charge on any atom is 0.238 e. The standard InChI is InChI=1S/C5H7NOS2/c1-2-6-4(7)3-9-5(6)8/h2-3H2,1H3/i3D. The minimum absolute atomic E-state index is 0.183. The van der Waals surface area contributed by atoms with Crippen molar-refractivity contribution in [1.29, 1.82) is 0 Å². The molecule has 0 aromatic rings. The van der Waals surface area contributed by atoms with Gasteiger partial charge in [0.25, 0.3) is 0 Å². The zero-order chi connectivity index (χ0) is 7.72. The van der Waals surface area contributed by atoms with Crippen LogP contribution in [0.15, 0.2) is 0 Å². The monoisotopic (exact) mass is 162 g/mol. The smallest absolute Gasteiger partial charge is 0.238 e. The summed E-state index contributed by atoms with van der Waals surface area (Å²) in [5.74, 6) is -0.183. The average Bonchev–Trinajstić information content (AvgIpc) is 2.09. The number of rotatable bonds is 1. The van der Waals surface area contributed by atoms with E-state index in [0.717, 1.165) is 11.8 Å². The van der Waals surface area contributed by atoms with E-state index >= 15 is 0 Å². The van der Waals surface area contributed by atoms with Crippen LogP contribution in [0, 0.1) is 0 Å². The largest absolute Gasteiger partial charge is 0.297 e. The lowest BCUT2D eigenvalue weighted by Crippen LogP contribution is -2.27. The summed E-state index contributed by atoms with van der Waals surface area (Å²) in [5, 5.41) is 0. The average molecular weight is 162 g/mol. The summed E-state index contributed by atoms with van der Waals surface area (Å²) in [7, 11) is 0. The van der Waals surface area contributed by atoms with Crippen LogP contribution in [0.2, 0.25) is 0 Å². The zero-order valence-corrected chi connectivity index (χ0v) is 6.59. The molecule has 1 fully saturated rings. The van der Waals surface area contributed by atoms with Crippen molar-refractivity contribution >= 4 is 34.2 Å². The van der Waals surface area contributed by atoms with Crippen LogP contribution >= 0.6 is 24.0 Å². The van der Waals surface area contributed by atoms with Crippen LogP contribution in [0.4, 0.5) is 0 Å². The number of thioether (sulfide) groups is 1. The maximum absolute atomic E-state index is 11.0. The lowest BCUT2D eigenvalue weighted by atomic mass is 10.6. The van der Waals surface area contributed by atoms with Crippen molar-refractivity contribution in [2.75, 3.05) is 12.3 Å². The second-order valence-electron chi connectivity index (χ2n) is 1.58. The molecule has 1 aliphatic rings. The Morgan fingerprint density at radius 2 is 2.78 bits per heavy atom. The van der Waals surface area contributed by atoms with Crippen LogP contribution in [0.1, 0.15) is 8.29 Å². The molecule has 0 spiro atoms. The van der Waals surface area contributed by atoms with Crippen LogP contribution in [-0.2, 0) is 4.79 Å². The van der Waals surface area contributed by atoms with E-state index in [9.17, 15) is 4.79 Å². The molecule has 0 aliphatic carbocycles. The fourth-order valence-corrected chi connectivity index (χ4v) is 1.64. The van der Waals surface area contributed by atoms with Gasteiger partial charge in [0.1, 0.15) is 4.32 Å². The second-order valence-corrected chi connectivity index (χ2v) is 3.09. The lowest BCUT2D eigenvalue weighted by molar-refractivity contribution is -0.123. The molecule has 1 saturated heterocycles. The fraction of sp³-hybridized carbons (Fsp3) is 0.600. The van der Waals surface area contributed by atoms with Crippen LogP contribution in [0.3, 0.4) is 0 Å². The van der Waals surface area contributed by atoms with Gasteiger partial charge in [-0.05, 0) is 6.92 Å². The van der Waals surface area contributed by atoms with E-state index in [4.69, 9.17) is 13.6 Å². The molecule has 1 aliphatic heterocycles. The van der Waals surface area contributed by atoms with Crippen LogP contribution in [-0.4, -0.2) is 27.4 Å². The number of hydrogen-bond acceptors (Lipinski definition) is 3. The molecule has 1 atom stereocenters. The number of nitrogens with zero attached hydrogens (tertiary/aromatic N) is 1. The molecule has 2 nitrogen and oxygen atoms in total. The molecule has 0 N–H and O–H groups in total. The minimum Gasteiger partial charge on any atom is -0.297 e. The summed E-state index contributed by atoms with van der Waals surface area (Å²) in [4.78, 5) is 12.4. The molecular weight excluding hydrogens is 154 g/mol. The van der Waals surface area contributed by atoms with Gasteiger partial charge >= 0.3 is 0 Å². The molecule has 1 amide bonds. The summed E-state index contributed by atoms with van der Waals surface area (Å²) in [6.07, 6.45) is 0. The fourth-order valence-electron chi connectivity index (χ4n) is 0.603. The highest BCUT2D eigenvalue weighted by molar-refractivity contribution is 8.23. The predicted octanol–water partition coefficient (Wildman–Crippen LogP) is 0.867. The van der Waals surface area contributed by atoms with Gasteiger partial charge in [-0.1, -0.05) is 24.0 Å². The molecular formula is C5H7NOS2. The van der Waals surface area contributed by atoms with E-state index in [1.165, 1.54) is 4.90 Å². The Morgan fingerprint density at radius 3 is 3.00 bits per heavy atom. The molecule has 9 heavy (non-hydrogen) atoms.